The Bertz CT molecular complexity index is 737. The lowest BCUT2D eigenvalue weighted by atomic mass is 10.2. The van der Waals surface area contributed by atoms with Crippen LogP contribution in [0.3, 0.4) is 0 Å². The van der Waals surface area contributed by atoms with E-state index in [-0.39, 0.29) is 15.8 Å². The van der Waals surface area contributed by atoms with Crippen molar-refractivity contribution in [3.8, 4) is 11.3 Å². The number of furan rings is 1. The van der Waals surface area contributed by atoms with Crippen molar-refractivity contribution in [2.75, 3.05) is 11.5 Å². The number of carbonyl (C=O) groups is 1. The fraction of sp³-hybridized carbons (Fsp3) is 0.294. The summed E-state index contributed by atoms with van der Waals surface area (Å²) in [5.74, 6) is 2.90. The standard InChI is InChI=1S/C17H17FN2O2S2/c1-17(23-8-9-24-17)10-16(21)20-19-11-14-6-7-15(22-14)12-2-4-13(18)5-3-12/h2-7,11H,8-10H2,1H3,(H,20,21)/b19-11-. The molecule has 0 saturated carbocycles. The molecule has 7 heteroatoms. The Morgan fingerprint density at radius 2 is 2.00 bits per heavy atom. The quantitative estimate of drug-likeness (QED) is 0.640. The third-order valence-electron chi connectivity index (χ3n) is 3.52. The SMILES string of the molecule is CC1(CC(=O)N/N=C\c2ccc(-c3ccc(F)cc3)o2)SCCS1. The van der Waals surface area contributed by atoms with E-state index in [1.54, 1.807) is 24.3 Å². The highest BCUT2D eigenvalue weighted by Gasteiger charge is 2.32. The normalized spacial score (nSPS) is 16.6. The maximum absolute atomic E-state index is 12.9. The van der Waals surface area contributed by atoms with Crippen LogP contribution in [0.5, 0.6) is 0 Å². The highest BCUT2D eigenvalue weighted by molar-refractivity contribution is 8.21. The van der Waals surface area contributed by atoms with Crippen molar-refractivity contribution >= 4 is 35.6 Å². The highest BCUT2D eigenvalue weighted by Crippen LogP contribution is 2.45. The van der Waals surface area contributed by atoms with E-state index in [1.165, 1.54) is 18.3 Å². The van der Waals surface area contributed by atoms with Gasteiger partial charge in [0.15, 0.2) is 0 Å². The van der Waals surface area contributed by atoms with E-state index in [0.717, 1.165) is 17.1 Å². The summed E-state index contributed by atoms with van der Waals surface area (Å²) in [6.07, 6.45) is 1.89. The number of rotatable bonds is 5. The van der Waals surface area contributed by atoms with E-state index in [1.807, 2.05) is 23.5 Å². The van der Waals surface area contributed by atoms with Crippen molar-refractivity contribution in [1.82, 2.24) is 5.43 Å². The lowest BCUT2D eigenvalue weighted by Gasteiger charge is -2.19. The molecule has 126 valence electrons. The Kier molecular flexibility index (Phi) is 5.30. The van der Waals surface area contributed by atoms with E-state index in [2.05, 4.69) is 17.5 Å². The summed E-state index contributed by atoms with van der Waals surface area (Å²) in [7, 11) is 0. The number of amides is 1. The predicted molar refractivity (Wildman–Crippen MR) is 97.8 cm³/mol. The fourth-order valence-corrected chi connectivity index (χ4v) is 5.18. The van der Waals surface area contributed by atoms with E-state index in [4.69, 9.17) is 4.42 Å². The first-order valence-electron chi connectivity index (χ1n) is 7.50. The summed E-state index contributed by atoms with van der Waals surface area (Å²) >= 11 is 3.62. The molecule has 1 saturated heterocycles. The number of nitrogens with one attached hydrogen (secondary N) is 1. The fourth-order valence-electron chi connectivity index (χ4n) is 2.35. The molecule has 0 bridgehead atoms. The summed E-state index contributed by atoms with van der Waals surface area (Å²) in [6, 6.07) is 9.58. The van der Waals surface area contributed by atoms with Gasteiger partial charge in [-0.3, -0.25) is 4.79 Å². The molecule has 1 N–H and O–H groups in total. The van der Waals surface area contributed by atoms with Gasteiger partial charge in [0.25, 0.3) is 0 Å². The second-order valence-corrected chi connectivity index (χ2v) is 8.96. The zero-order valence-electron chi connectivity index (χ0n) is 13.1. The maximum atomic E-state index is 12.9. The first-order chi connectivity index (χ1) is 11.5. The predicted octanol–water partition coefficient (Wildman–Crippen LogP) is 4.12. The molecule has 2 aromatic rings. The van der Waals surface area contributed by atoms with Crippen LogP contribution in [-0.2, 0) is 4.79 Å². The lowest BCUT2D eigenvalue weighted by Crippen LogP contribution is -2.26. The molecule has 1 aliphatic heterocycles. The van der Waals surface area contributed by atoms with Gasteiger partial charge in [-0.05, 0) is 43.3 Å². The van der Waals surface area contributed by atoms with E-state index >= 15 is 0 Å². The topological polar surface area (TPSA) is 54.6 Å². The van der Waals surface area contributed by atoms with Crippen molar-refractivity contribution in [1.29, 1.82) is 0 Å². The molecule has 24 heavy (non-hydrogen) atoms. The third-order valence-corrected chi connectivity index (χ3v) is 6.81. The molecule has 0 radical (unpaired) electrons. The number of thioether (sulfide) groups is 2. The van der Waals surface area contributed by atoms with Crippen LogP contribution < -0.4 is 5.43 Å². The first kappa shape index (κ1) is 17.1. The Morgan fingerprint density at radius 1 is 1.29 bits per heavy atom. The van der Waals surface area contributed by atoms with Gasteiger partial charge in [0.1, 0.15) is 17.3 Å². The van der Waals surface area contributed by atoms with Crippen molar-refractivity contribution in [2.45, 2.75) is 17.4 Å². The summed E-state index contributed by atoms with van der Waals surface area (Å²) in [4.78, 5) is 11.9. The zero-order valence-corrected chi connectivity index (χ0v) is 14.8. The molecule has 0 spiro atoms. The molecule has 1 fully saturated rings. The summed E-state index contributed by atoms with van der Waals surface area (Å²) in [5.41, 5.74) is 3.31. The molecule has 3 rings (SSSR count). The van der Waals surface area contributed by atoms with Crippen molar-refractivity contribution in [3.63, 3.8) is 0 Å². The van der Waals surface area contributed by atoms with Gasteiger partial charge in [0.05, 0.1) is 16.7 Å². The monoisotopic (exact) mass is 364 g/mol. The third kappa shape index (κ3) is 4.42. The van der Waals surface area contributed by atoms with E-state index in [9.17, 15) is 9.18 Å². The van der Waals surface area contributed by atoms with Gasteiger partial charge in [-0.15, -0.1) is 23.5 Å². The molecule has 1 amide bonds. The number of hydrogen-bond acceptors (Lipinski definition) is 5. The molecule has 1 aromatic heterocycles. The second kappa shape index (κ2) is 7.44. The van der Waals surface area contributed by atoms with Crippen molar-refractivity contribution in [2.24, 2.45) is 5.10 Å². The Hall–Kier alpha value is -1.73. The minimum atomic E-state index is -0.290. The summed E-state index contributed by atoms with van der Waals surface area (Å²) < 4.78 is 18.5. The van der Waals surface area contributed by atoms with Gasteiger partial charge >= 0.3 is 0 Å². The average molecular weight is 364 g/mol. The van der Waals surface area contributed by atoms with Gasteiger partial charge < -0.3 is 4.42 Å². The van der Waals surface area contributed by atoms with Gasteiger partial charge in [0.2, 0.25) is 5.91 Å². The molecule has 1 aliphatic rings. The van der Waals surface area contributed by atoms with Crippen LogP contribution in [0.1, 0.15) is 19.1 Å². The highest BCUT2D eigenvalue weighted by atomic mass is 32.2. The van der Waals surface area contributed by atoms with Gasteiger partial charge in [-0.2, -0.15) is 5.10 Å². The maximum Gasteiger partial charge on any atom is 0.242 e. The van der Waals surface area contributed by atoms with Crippen LogP contribution in [0, 0.1) is 5.82 Å². The van der Waals surface area contributed by atoms with Crippen LogP contribution in [0.25, 0.3) is 11.3 Å². The Morgan fingerprint density at radius 3 is 2.71 bits per heavy atom. The lowest BCUT2D eigenvalue weighted by molar-refractivity contribution is -0.121. The summed E-state index contributed by atoms with van der Waals surface area (Å²) in [6.45, 7) is 2.08. The Labute approximate surface area is 148 Å². The molecule has 2 heterocycles. The zero-order chi connectivity index (χ0) is 17.0. The second-order valence-electron chi connectivity index (χ2n) is 5.51. The number of hydrogen-bond donors (Lipinski definition) is 1. The Balaban J connectivity index is 1.55. The van der Waals surface area contributed by atoms with Crippen LogP contribution in [-0.4, -0.2) is 27.7 Å². The van der Waals surface area contributed by atoms with Gasteiger partial charge in [-0.1, -0.05) is 0 Å². The number of halogens is 1. The number of benzene rings is 1. The van der Waals surface area contributed by atoms with Crippen molar-refractivity contribution in [3.05, 3.63) is 48.0 Å². The van der Waals surface area contributed by atoms with Crippen LogP contribution in [0.2, 0.25) is 0 Å². The smallest absolute Gasteiger partial charge is 0.242 e. The van der Waals surface area contributed by atoms with E-state index in [0.29, 0.717) is 17.9 Å². The molecule has 4 nitrogen and oxygen atoms in total. The number of hydrazone groups is 1. The largest absolute Gasteiger partial charge is 0.455 e. The van der Waals surface area contributed by atoms with Gasteiger partial charge in [-0.25, -0.2) is 9.82 Å². The number of carbonyl (C=O) groups excluding carboxylic acids is 1. The minimum Gasteiger partial charge on any atom is -0.455 e. The molecular formula is C17H17FN2O2S2. The van der Waals surface area contributed by atoms with Crippen LogP contribution in [0.15, 0.2) is 45.9 Å². The van der Waals surface area contributed by atoms with Crippen LogP contribution >= 0.6 is 23.5 Å². The van der Waals surface area contributed by atoms with Crippen molar-refractivity contribution < 1.29 is 13.6 Å². The average Bonchev–Trinajstić information content (AvgIpc) is 3.17. The summed E-state index contributed by atoms with van der Waals surface area (Å²) in [5, 5.41) is 3.94. The molecule has 0 unspecified atom stereocenters. The minimum absolute atomic E-state index is 0.0555. The molecule has 0 aliphatic carbocycles. The first-order valence-corrected chi connectivity index (χ1v) is 9.47. The molecule has 0 atom stereocenters. The molecular weight excluding hydrogens is 347 g/mol. The van der Waals surface area contributed by atoms with E-state index < -0.39 is 0 Å². The molecule has 1 aromatic carbocycles. The van der Waals surface area contributed by atoms with Gasteiger partial charge in [0, 0.05) is 17.1 Å². The number of nitrogens with zero attached hydrogens (tertiary/aromatic N) is 1. The van der Waals surface area contributed by atoms with Crippen LogP contribution in [0.4, 0.5) is 4.39 Å².